The van der Waals surface area contributed by atoms with Gasteiger partial charge in [0.25, 0.3) is 0 Å². The molecule has 1 aliphatic heterocycles. The van der Waals surface area contributed by atoms with Crippen LogP contribution in [0.5, 0.6) is 11.5 Å². The molecule has 0 saturated carbocycles. The average Bonchev–Trinajstić information content (AvgIpc) is 2.86. The highest BCUT2D eigenvalue weighted by Crippen LogP contribution is 2.36. The predicted octanol–water partition coefficient (Wildman–Crippen LogP) is 5.10. The Morgan fingerprint density at radius 2 is 2.17 bits per heavy atom. The van der Waals surface area contributed by atoms with Crippen molar-refractivity contribution in [3.05, 3.63) is 35.4 Å². The van der Waals surface area contributed by atoms with E-state index in [1.165, 1.54) is 11.1 Å². The number of allylic oxidation sites excluding steroid dienone is 1. The SMILES string of the molecule is CCOC(C)(C)CCC(C)=CCOc1ccc2c(c1)OCC2C. The number of fused-ring (bicyclic) bond motifs is 1. The standard InChI is InChI=1S/C20H30O3/c1-6-23-20(4,5)11-9-15(2)10-12-21-17-7-8-18-16(3)14-22-19(18)13-17/h7-8,10,13,16H,6,9,11-12,14H2,1-5H3. The quantitative estimate of drug-likeness (QED) is 0.624. The van der Waals surface area contributed by atoms with Crippen molar-refractivity contribution in [2.24, 2.45) is 0 Å². The Morgan fingerprint density at radius 3 is 2.91 bits per heavy atom. The summed E-state index contributed by atoms with van der Waals surface area (Å²) < 4.78 is 17.2. The van der Waals surface area contributed by atoms with Crippen LogP contribution >= 0.6 is 0 Å². The Hall–Kier alpha value is -1.48. The Bertz CT molecular complexity index is 546. The molecule has 0 amide bonds. The Balaban J connectivity index is 1.80. The van der Waals surface area contributed by atoms with Gasteiger partial charge in [0.2, 0.25) is 0 Å². The lowest BCUT2D eigenvalue weighted by atomic mass is 9.99. The van der Waals surface area contributed by atoms with Gasteiger partial charge in [0, 0.05) is 24.2 Å². The first-order chi connectivity index (χ1) is 10.9. The molecule has 128 valence electrons. The monoisotopic (exact) mass is 318 g/mol. The molecule has 0 N–H and O–H groups in total. The number of ether oxygens (including phenoxy) is 3. The molecule has 23 heavy (non-hydrogen) atoms. The first-order valence-electron chi connectivity index (χ1n) is 8.60. The van der Waals surface area contributed by atoms with Crippen LogP contribution in [0.3, 0.4) is 0 Å². The van der Waals surface area contributed by atoms with Crippen molar-refractivity contribution >= 4 is 0 Å². The molecular formula is C20H30O3. The van der Waals surface area contributed by atoms with Crippen molar-refractivity contribution in [1.82, 2.24) is 0 Å². The summed E-state index contributed by atoms with van der Waals surface area (Å²) in [6, 6.07) is 6.15. The van der Waals surface area contributed by atoms with E-state index in [1.807, 2.05) is 19.1 Å². The minimum atomic E-state index is -0.0568. The largest absolute Gasteiger partial charge is 0.493 e. The van der Waals surface area contributed by atoms with E-state index in [1.54, 1.807) is 0 Å². The third-order valence-electron chi connectivity index (χ3n) is 4.34. The molecule has 1 atom stereocenters. The van der Waals surface area contributed by atoms with Crippen LogP contribution in [0.1, 0.15) is 58.9 Å². The van der Waals surface area contributed by atoms with Crippen molar-refractivity contribution < 1.29 is 14.2 Å². The lowest BCUT2D eigenvalue weighted by Crippen LogP contribution is -2.24. The second-order valence-electron chi connectivity index (χ2n) is 6.97. The van der Waals surface area contributed by atoms with Gasteiger partial charge in [-0.3, -0.25) is 0 Å². The van der Waals surface area contributed by atoms with Crippen LogP contribution in [-0.2, 0) is 4.74 Å². The van der Waals surface area contributed by atoms with Crippen LogP contribution in [0.4, 0.5) is 0 Å². The van der Waals surface area contributed by atoms with Crippen LogP contribution in [0.2, 0.25) is 0 Å². The van der Waals surface area contributed by atoms with E-state index in [9.17, 15) is 0 Å². The molecule has 1 aromatic carbocycles. The number of rotatable bonds is 8. The molecule has 0 bridgehead atoms. The molecule has 0 radical (unpaired) electrons. The minimum Gasteiger partial charge on any atom is -0.493 e. The zero-order chi connectivity index (χ0) is 16.9. The number of hydrogen-bond donors (Lipinski definition) is 0. The van der Waals surface area contributed by atoms with E-state index >= 15 is 0 Å². The van der Waals surface area contributed by atoms with Crippen molar-refractivity contribution in [3.63, 3.8) is 0 Å². The summed E-state index contributed by atoms with van der Waals surface area (Å²) in [5, 5.41) is 0. The molecule has 0 spiro atoms. The van der Waals surface area contributed by atoms with Gasteiger partial charge < -0.3 is 14.2 Å². The molecule has 1 heterocycles. The van der Waals surface area contributed by atoms with Crippen LogP contribution in [0, 0.1) is 0 Å². The lowest BCUT2D eigenvalue weighted by molar-refractivity contribution is -0.0158. The molecule has 0 fully saturated rings. The van der Waals surface area contributed by atoms with E-state index in [2.05, 4.69) is 39.8 Å². The van der Waals surface area contributed by atoms with Crippen LogP contribution in [0.25, 0.3) is 0 Å². The molecule has 0 aromatic heterocycles. The van der Waals surface area contributed by atoms with Gasteiger partial charge in [-0.1, -0.05) is 18.6 Å². The molecule has 2 rings (SSSR count). The van der Waals surface area contributed by atoms with E-state index < -0.39 is 0 Å². The zero-order valence-corrected chi connectivity index (χ0v) is 15.1. The Kier molecular flexibility index (Phi) is 6.11. The predicted molar refractivity (Wildman–Crippen MR) is 94.5 cm³/mol. The van der Waals surface area contributed by atoms with E-state index in [4.69, 9.17) is 14.2 Å². The number of benzene rings is 1. The fourth-order valence-electron chi connectivity index (χ4n) is 2.78. The van der Waals surface area contributed by atoms with Crippen molar-refractivity contribution in [3.8, 4) is 11.5 Å². The molecule has 3 nitrogen and oxygen atoms in total. The minimum absolute atomic E-state index is 0.0568. The molecular weight excluding hydrogens is 288 g/mol. The molecule has 3 heteroatoms. The van der Waals surface area contributed by atoms with Gasteiger partial charge in [-0.25, -0.2) is 0 Å². The smallest absolute Gasteiger partial charge is 0.126 e. The van der Waals surface area contributed by atoms with Crippen molar-refractivity contribution in [2.75, 3.05) is 19.8 Å². The molecule has 1 unspecified atom stereocenters. The number of hydrogen-bond acceptors (Lipinski definition) is 3. The summed E-state index contributed by atoms with van der Waals surface area (Å²) in [6.07, 6.45) is 4.20. The normalized spacial score (nSPS) is 17.8. The zero-order valence-electron chi connectivity index (χ0n) is 15.1. The van der Waals surface area contributed by atoms with Gasteiger partial charge >= 0.3 is 0 Å². The Morgan fingerprint density at radius 1 is 1.39 bits per heavy atom. The maximum Gasteiger partial charge on any atom is 0.126 e. The van der Waals surface area contributed by atoms with Crippen LogP contribution in [-0.4, -0.2) is 25.4 Å². The van der Waals surface area contributed by atoms with Gasteiger partial charge in [0.05, 0.1) is 12.2 Å². The van der Waals surface area contributed by atoms with Crippen molar-refractivity contribution in [1.29, 1.82) is 0 Å². The van der Waals surface area contributed by atoms with E-state index in [-0.39, 0.29) is 5.60 Å². The topological polar surface area (TPSA) is 27.7 Å². The lowest BCUT2D eigenvalue weighted by Gasteiger charge is -2.24. The van der Waals surface area contributed by atoms with Crippen molar-refractivity contribution in [2.45, 2.75) is 59.0 Å². The third-order valence-corrected chi connectivity index (χ3v) is 4.34. The van der Waals surface area contributed by atoms with Crippen LogP contribution in [0.15, 0.2) is 29.8 Å². The Labute approximate surface area is 140 Å². The highest BCUT2D eigenvalue weighted by atomic mass is 16.5. The maximum atomic E-state index is 5.83. The first kappa shape index (κ1) is 17.9. The van der Waals surface area contributed by atoms with Gasteiger partial charge in [0.15, 0.2) is 0 Å². The summed E-state index contributed by atoms with van der Waals surface area (Å²) in [7, 11) is 0. The average molecular weight is 318 g/mol. The summed E-state index contributed by atoms with van der Waals surface area (Å²) in [5.74, 6) is 2.32. The molecule has 0 aliphatic carbocycles. The van der Waals surface area contributed by atoms with Crippen LogP contribution < -0.4 is 9.47 Å². The second kappa shape index (κ2) is 7.87. The maximum absolute atomic E-state index is 5.83. The van der Waals surface area contributed by atoms with Gasteiger partial charge in [-0.2, -0.15) is 0 Å². The fraction of sp³-hybridized carbons (Fsp3) is 0.600. The van der Waals surface area contributed by atoms with Gasteiger partial charge in [-0.05, 0) is 52.7 Å². The molecule has 0 saturated heterocycles. The van der Waals surface area contributed by atoms with Gasteiger partial charge in [0.1, 0.15) is 18.1 Å². The summed E-state index contributed by atoms with van der Waals surface area (Å²) in [5.41, 5.74) is 2.56. The molecule has 1 aliphatic rings. The molecule has 1 aromatic rings. The summed E-state index contributed by atoms with van der Waals surface area (Å²) in [6.45, 7) is 12.8. The van der Waals surface area contributed by atoms with Gasteiger partial charge in [-0.15, -0.1) is 0 Å². The highest BCUT2D eigenvalue weighted by molar-refractivity contribution is 5.45. The first-order valence-corrected chi connectivity index (χ1v) is 8.60. The summed E-state index contributed by atoms with van der Waals surface area (Å²) in [4.78, 5) is 0. The third kappa shape index (κ3) is 5.28. The summed E-state index contributed by atoms with van der Waals surface area (Å²) >= 11 is 0. The highest BCUT2D eigenvalue weighted by Gasteiger charge is 2.20. The van der Waals surface area contributed by atoms with E-state index in [0.717, 1.165) is 37.6 Å². The fourth-order valence-corrected chi connectivity index (χ4v) is 2.78. The van der Waals surface area contributed by atoms with E-state index in [0.29, 0.717) is 12.5 Å². The second-order valence-corrected chi connectivity index (χ2v) is 6.97.